The summed E-state index contributed by atoms with van der Waals surface area (Å²) in [6.45, 7) is 6.12. The molecular weight excluding hydrogens is 498 g/mol. The number of aliphatic hydroxyl groups is 1. The summed E-state index contributed by atoms with van der Waals surface area (Å²) in [5, 5.41) is 21.1. The number of pyridine rings is 1. The molecular formula is C29H35N5O5. The fourth-order valence-electron chi connectivity index (χ4n) is 4.87. The first kappa shape index (κ1) is 28.2. The molecule has 2 amide bonds. The molecule has 0 saturated carbocycles. The number of amides is 2. The molecule has 1 unspecified atom stereocenters. The van der Waals surface area contributed by atoms with Crippen molar-refractivity contribution in [3.63, 3.8) is 0 Å². The van der Waals surface area contributed by atoms with Gasteiger partial charge in [0.05, 0.1) is 29.8 Å². The lowest BCUT2D eigenvalue weighted by atomic mass is 9.92. The summed E-state index contributed by atoms with van der Waals surface area (Å²) in [5.41, 5.74) is 5.33. The minimum atomic E-state index is -1.11. The molecule has 10 nitrogen and oxygen atoms in total. The number of fused-ring (bicyclic) bond motifs is 1. The van der Waals surface area contributed by atoms with E-state index in [1.807, 2.05) is 27.0 Å². The predicted molar refractivity (Wildman–Crippen MR) is 145 cm³/mol. The lowest BCUT2D eigenvalue weighted by molar-refractivity contribution is -0.132. The Balaban J connectivity index is 1.75. The van der Waals surface area contributed by atoms with E-state index in [0.29, 0.717) is 53.9 Å². The van der Waals surface area contributed by atoms with Gasteiger partial charge in [0.25, 0.3) is 5.91 Å². The first-order valence-electron chi connectivity index (χ1n) is 13.3. The van der Waals surface area contributed by atoms with Gasteiger partial charge in [0, 0.05) is 49.4 Å². The highest BCUT2D eigenvalue weighted by molar-refractivity contribution is 6.03. The Morgan fingerprint density at radius 3 is 2.67 bits per heavy atom. The molecule has 0 spiro atoms. The van der Waals surface area contributed by atoms with Crippen LogP contribution in [0.3, 0.4) is 0 Å². The van der Waals surface area contributed by atoms with Crippen molar-refractivity contribution in [3.8, 4) is 29.5 Å². The number of aromatic nitrogens is 1. The number of rotatable bonds is 6. The number of benzene rings is 1. The van der Waals surface area contributed by atoms with Crippen LogP contribution in [0, 0.1) is 23.2 Å². The summed E-state index contributed by atoms with van der Waals surface area (Å²) in [7, 11) is 2.01. The summed E-state index contributed by atoms with van der Waals surface area (Å²) < 4.78 is 12.2. The van der Waals surface area contributed by atoms with Gasteiger partial charge in [-0.15, -0.1) is 0 Å². The van der Waals surface area contributed by atoms with Crippen LogP contribution in [0.25, 0.3) is 10.8 Å². The molecule has 206 valence electrons. The third-order valence-electron chi connectivity index (χ3n) is 7.06. The van der Waals surface area contributed by atoms with E-state index in [4.69, 9.17) is 20.5 Å². The highest BCUT2D eigenvalue weighted by Crippen LogP contribution is 2.34. The zero-order valence-corrected chi connectivity index (χ0v) is 22.7. The molecule has 2 aromatic rings. The number of carbonyl (C=O) groups is 2. The van der Waals surface area contributed by atoms with Crippen molar-refractivity contribution in [2.24, 2.45) is 5.73 Å². The van der Waals surface area contributed by atoms with Gasteiger partial charge in [-0.3, -0.25) is 9.59 Å². The van der Waals surface area contributed by atoms with Crippen LogP contribution >= 0.6 is 0 Å². The second-order valence-corrected chi connectivity index (χ2v) is 10.5. The van der Waals surface area contributed by atoms with E-state index in [-0.39, 0.29) is 30.1 Å². The van der Waals surface area contributed by atoms with Gasteiger partial charge in [-0.1, -0.05) is 11.8 Å². The van der Waals surface area contributed by atoms with Crippen molar-refractivity contribution in [1.29, 1.82) is 5.26 Å². The van der Waals surface area contributed by atoms with E-state index < -0.39 is 11.5 Å². The van der Waals surface area contributed by atoms with Crippen molar-refractivity contribution in [3.05, 3.63) is 29.5 Å². The van der Waals surface area contributed by atoms with E-state index in [1.54, 1.807) is 23.2 Å². The highest BCUT2D eigenvalue weighted by atomic mass is 16.5. The van der Waals surface area contributed by atoms with Crippen LogP contribution in [-0.2, 0) is 4.79 Å². The average Bonchev–Trinajstić information content (AvgIpc) is 2.90. The number of piperidine rings is 2. The number of primary amides is 1. The van der Waals surface area contributed by atoms with Crippen LogP contribution in [-0.4, -0.2) is 82.7 Å². The second-order valence-electron chi connectivity index (χ2n) is 10.5. The molecule has 2 saturated heterocycles. The third-order valence-corrected chi connectivity index (χ3v) is 7.06. The summed E-state index contributed by atoms with van der Waals surface area (Å²) in [4.78, 5) is 33.0. The van der Waals surface area contributed by atoms with E-state index in [2.05, 4.69) is 21.7 Å². The maximum Gasteiger partial charge on any atom is 0.252 e. The Morgan fingerprint density at radius 1 is 1.26 bits per heavy atom. The second kappa shape index (κ2) is 11.9. The van der Waals surface area contributed by atoms with Crippen molar-refractivity contribution in [1.82, 2.24) is 14.8 Å². The SMILES string of the molecule is CC(C)Oc1cc2c(OC3CCCN(C(=O)CC#N)C3)ncc(C#CC3(O)CCN(C)CC3)c2cc1C(N)=O. The van der Waals surface area contributed by atoms with Gasteiger partial charge in [-0.25, -0.2) is 4.98 Å². The number of carbonyl (C=O) groups excluding carboxylic acids is 2. The number of ether oxygens (including phenoxy) is 2. The highest BCUT2D eigenvalue weighted by Gasteiger charge is 2.29. The fraction of sp³-hybridized carbons (Fsp3) is 0.517. The minimum absolute atomic E-state index is 0.171. The summed E-state index contributed by atoms with van der Waals surface area (Å²) in [6.07, 6.45) is 3.39. The monoisotopic (exact) mass is 533 g/mol. The summed E-state index contributed by atoms with van der Waals surface area (Å²) >= 11 is 0. The van der Waals surface area contributed by atoms with Crippen LogP contribution in [0.15, 0.2) is 18.3 Å². The van der Waals surface area contributed by atoms with E-state index in [9.17, 15) is 14.7 Å². The molecule has 4 rings (SSSR count). The van der Waals surface area contributed by atoms with Crippen molar-refractivity contribution in [2.75, 3.05) is 33.2 Å². The molecule has 10 heteroatoms. The maximum absolute atomic E-state index is 12.4. The number of likely N-dealkylation sites (tertiary alicyclic amines) is 2. The quantitative estimate of drug-likeness (QED) is 0.539. The first-order chi connectivity index (χ1) is 18.6. The van der Waals surface area contributed by atoms with Crippen molar-refractivity contribution in [2.45, 2.75) is 63.8 Å². The zero-order valence-electron chi connectivity index (χ0n) is 22.7. The van der Waals surface area contributed by atoms with Gasteiger partial charge in [-0.05, 0) is 45.9 Å². The van der Waals surface area contributed by atoms with Gasteiger partial charge in [0.15, 0.2) is 0 Å². The topological polar surface area (TPSA) is 142 Å². The average molecular weight is 534 g/mol. The molecule has 1 aromatic heterocycles. The molecule has 1 aromatic carbocycles. The first-order valence-corrected chi connectivity index (χ1v) is 13.3. The van der Waals surface area contributed by atoms with E-state index >= 15 is 0 Å². The standard InChI is InChI=1S/C29H35N5O5/c1-19(2)38-25-16-23-22(15-24(25)27(31)36)20(6-8-29(37)9-13-33(3)14-10-29)17-32-28(23)39-21-5-4-12-34(18-21)26(35)7-11-30/h15-17,19,21,37H,4-5,7,9-10,12-14,18H2,1-3H3,(H2,31,36). The Morgan fingerprint density at radius 2 is 2.00 bits per heavy atom. The smallest absolute Gasteiger partial charge is 0.252 e. The fourth-order valence-corrected chi connectivity index (χ4v) is 4.87. The Bertz CT molecular complexity index is 1350. The third kappa shape index (κ3) is 6.78. The molecule has 1 atom stereocenters. The Hall–Kier alpha value is -3.86. The molecule has 2 aliphatic heterocycles. The molecule has 0 bridgehead atoms. The molecule has 2 aliphatic rings. The molecule has 3 heterocycles. The van der Waals surface area contributed by atoms with Crippen LogP contribution in [0.5, 0.6) is 11.6 Å². The maximum atomic E-state index is 12.4. The van der Waals surface area contributed by atoms with Gasteiger partial charge < -0.3 is 30.1 Å². The van der Waals surface area contributed by atoms with Crippen LogP contribution in [0.1, 0.15) is 61.9 Å². The van der Waals surface area contributed by atoms with Gasteiger partial charge in [0.2, 0.25) is 11.8 Å². The van der Waals surface area contributed by atoms with Gasteiger partial charge in [-0.2, -0.15) is 5.26 Å². The minimum Gasteiger partial charge on any atom is -0.490 e. The van der Waals surface area contributed by atoms with E-state index in [0.717, 1.165) is 25.9 Å². The van der Waals surface area contributed by atoms with Crippen molar-refractivity contribution >= 4 is 22.6 Å². The van der Waals surface area contributed by atoms with Crippen LogP contribution < -0.4 is 15.2 Å². The van der Waals surface area contributed by atoms with E-state index in [1.165, 1.54) is 0 Å². The van der Waals surface area contributed by atoms with Crippen LogP contribution in [0.4, 0.5) is 0 Å². The summed E-state index contributed by atoms with van der Waals surface area (Å²) in [6, 6.07) is 5.23. The number of hydrogen-bond donors (Lipinski definition) is 2. The molecule has 2 fully saturated rings. The number of nitriles is 1. The number of hydrogen-bond acceptors (Lipinski definition) is 8. The molecule has 39 heavy (non-hydrogen) atoms. The van der Waals surface area contributed by atoms with Crippen molar-refractivity contribution < 1.29 is 24.2 Å². The molecule has 3 N–H and O–H groups in total. The molecule has 0 aliphatic carbocycles. The number of nitrogens with zero attached hydrogens (tertiary/aromatic N) is 4. The zero-order chi connectivity index (χ0) is 28.2. The lowest BCUT2D eigenvalue weighted by Crippen LogP contribution is -2.44. The predicted octanol–water partition coefficient (Wildman–Crippen LogP) is 2.21. The Labute approximate surface area is 228 Å². The van der Waals surface area contributed by atoms with Gasteiger partial charge >= 0.3 is 0 Å². The normalized spacial score (nSPS) is 19.2. The number of nitrogens with two attached hydrogens (primary N) is 1. The molecule has 0 radical (unpaired) electrons. The Kier molecular flexibility index (Phi) is 8.59. The summed E-state index contributed by atoms with van der Waals surface area (Å²) in [5.74, 6) is 5.89. The largest absolute Gasteiger partial charge is 0.490 e. The van der Waals surface area contributed by atoms with Crippen LogP contribution in [0.2, 0.25) is 0 Å². The lowest BCUT2D eigenvalue weighted by Gasteiger charge is -2.32. The van der Waals surface area contributed by atoms with Gasteiger partial charge in [0.1, 0.15) is 23.9 Å².